The molecule has 0 bridgehead atoms. The number of hydrogen-bond acceptors (Lipinski definition) is 6. The summed E-state index contributed by atoms with van der Waals surface area (Å²) in [6, 6.07) is 8.91. The predicted octanol–water partition coefficient (Wildman–Crippen LogP) is 3.62. The van der Waals surface area contributed by atoms with E-state index in [0.717, 1.165) is 5.56 Å². The smallest absolute Gasteiger partial charge is 0.258 e. The third-order valence-corrected chi connectivity index (χ3v) is 6.57. The summed E-state index contributed by atoms with van der Waals surface area (Å²) in [5.41, 5.74) is 4.01. The maximum absolute atomic E-state index is 12.7. The SMILES string of the molecule is COc1cc(/C=N\NC(=O)[C@@H](CC(C)C)NS(=O)(=O)c2ccc(C)cc2)cc(Br)c1OC. The van der Waals surface area contributed by atoms with Crippen molar-refractivity contribution in [2.45, 2.75) is 38.1 Å². The number of hydrazone groups is 1. The molecule has 0 radical (unpaired) electrons. The molecule has 1 atom stereocenters. The van der Waals surface area contributed by atoms with Crippen LogP contribution in [0.25, 0.3) is 0 Å². The molecule has 174 valence electrons. The second kappa shape index (κ2) is 11.4. The van der Waals surface area contributed by atoms with E-state index in [-0.39, 0.29) is 10.8 Å². The number of methoxy groups -OCH3 is 2. The summed E-state index contributed by atoms with van der Waals surface area (Å²) in [4.78, 5) is 12.8. The Bertz CT molecular complexity index is 1070. The number of carbonyl (C=O) groups is 1. The zero-order valence-corrected chi connectivity index (χ0v) is 21.1. The first-order valence-corrected chi connectivity index (χ1v) is 12.2. The van der Waals surface area contributed by atoms with E-state index < -0.39 is 22.0 Å². The highest BCUT2D eigenvalue weighted by atomic mass is 79.9. The largest absolute Gasteiger partial charge is 0.493 e. The first-order valence-electron chi connectivity index (χ1n) is 9.90. The van der Waals surface area contributed by atoms with Crippen molar-refractivity contribution in [1.82, 2.24) is 10.1 Å². The summed E-state index contributed by atoms with van der Waals surface area (Å²) in [7, 11) is -0.817. The molecule has 1 amide bonds. The number of amides is 1. The molecule has 0 aliphatic rings. The van der Waals surface area contributed by atoms with Gasteiger partial charge >= 0.3 is 0 Å². The van der Waals surface area contributed by atoms with E-state index in [9.17, 15) is 13.2 Å². The van der Waals surface area contributed by atoms with E-state index in [1.54, 1.807) is 24.3 Å². The molecule has 0 heterocycles. The Hall–Kier alpha value is -2.43. The van der Waals surface area contributed by atoms with Crippen LogP contribution in [0, 0.1) is 12.8 Å². The molecule has 0 fully saturated rings. The molecular weight excluding hydrogens is 498 g/mol. The molecular formula is C22H28BrN3O5S. The van der Waals surface area contributed by atoms with Gasteiger partial charge in [0.15, 0.2) is 11.5 Å². The van der Waals surface area contributed by atoms with E-state index in [1.165, 1.54) is 32.6 Å². The quantitative estimate of drug-likeness (QED) is 0.364. The zero-order valence-electron chi connectivity index (χ0n) is 18.7. The molecule has 8 nitrogen and oxygen atoms in total. The van der Waals surface area contributed by atoms with Gasteiger partial charge in [0.05, 0.1) is 29.8 Å². The molecule has 2 aromatic rings. The Morgan fingerprint density at radius 2 is 1.81 bits per heavy atom. The molecule has 0 spiro atoms. The Morgan fingerprint density at radius 3 is 2.38 bits per heavy atom. The summed E-state index contributed by atoms with van der Waals surface area (Å²) in [6.07, 6.45) is 1.75. The Morgan fingerprint density at radius 1 is 1.16 bits per heavy atom. The third-order valence-electron chi connectivity index (χ3n) is 4.50. The number of aryl methyl sites for hydroxylation is 1. The molecule has 0 unspecified atom stereocenters. The highest BCUT2D eigenvalue weighted by Gasteiger charge is 2.26. The lowest BCUT2D eigenvalue weighted by atomic mass is 10.0. The number of sulfonamides is 1. The fourth-order valence-corrected chi connectivity index (χ4v) is 4.74. The molecule has 2 N–H and O–H groups in total. The van der Waals surface area contributed by atoms with Crippen molar-refractivity contribution < 1.29 is 22.7 Å². The van der Waals surface area contributed by atoms with Gasteiger partial charge < -0.3 is 9.47 Å². The summed E-state index contributed by atoms with van der Waals surface area (Å²) >= 11 is 3.40. The monoisotopic (exact) mass is 525 g/mol. The van der Waals surface area contributed by atoms with Crippen LogP contribution in [0.4, 0.5) is 0 Å². The highest BCUT2D eigenvalue weighted by Crippen LogP contribution is 2.35. The van der Waals surface area contributed by atoms with Crippen molar-refractivity contribution in [3.63, 3.8) is 0 Å². The summed E-state index contributed by atoms with van der Waals surface area (Å²) in [5.74, 6) is 0.567. The first kappa shape index (κ1) is 25.8. The number of benzene rings is 2. The molecule has 32 heavy (non-hydrogen) atoms. The van der Waals surface area contributed by atoms with Gasteiger partial charge in [-0.1, -0.05) is 31.5 Å². The van der Waals surface area contributed by atoms with Crippen molar-refractivity contribution in [2.24, 2.45) is 11.0 Å². The number of halogens is 1. The molecule has 2 aromatic carbocycles. The maximum atomic E-state index is 12.7. The lowest BCUT2D eigenvalue weighted by Gasteiger charge is -2.19. The highest BCUT2D eigenvalue weighted by molar-refractivity contribution is 9.10. The Labute approximate surface area is 197 Å². The van der Waals surface area contributed by atoms with Crippen LogP contribution in [-0.2, 0) is 14.8 Å². The number of hydrogen-bond donors (Lipinski definition) is 2. The van der Waals surface area contributed by atoms with Gasteiger partial charge in [0.25, 0.3) is 5.91 Å². The van der Waals surface area contributed by atoms with Crippen molar-refractivity contribution in [3.8, 4) is 11.5 Å². The molecule has 0 saturated heterocycles. The average molecular weight is 526 g/mol. The van der Waals surface area contributed by atoms with Crippen LogP contribution in [0.15, 0.2) is 50.9 Å². The van der Waals surface area contributed by atoms with E-state index in [0.29, 0.717) is 28.0 Å². The van der Waals surface area contributed by atoms with Crippen LogP contribution in [0.2, 0.25) is 0 Å². The number of ether oxygens (including phenoxy) is 2. The minimum Gasteiger partial charge on any atom is -0.493 e. The van der Waals surface area contributed by atoms with Crippen LogP contribution in [0.3, 0.4) is 0 Å². The fraction of sp³-hybridized carbons (Fsp3) is 0.364. The van der Waals surface area contributed by atoms with Crippen molar-refractivity contribution >= 4 is 38.1 Å². The van der Waals surface area contributed by atoms with Crippen molar-refractivity contribution in [1.29, 1.82) is 0 Å². The van der Waals surface area contributed by atoms with Crippen molar-refractivity contribution in [3.05, 3.63) is 52.0 Å². The number of nitrogens with one attached hydrogen (secondary N) is 2. The van der Waals surface area contributed by atoms with Gasteiger partial charge in [-0.15, -0.1) is 0 Å². The van der Waals surface area contributed by atoms with Gasteiger partial charge in [-0.05, 0) is 65.0 Å². The van der Waals surface area contributed by atoms with Gasteiger partial charge in [-0.25, -0.2) is 13.8 Å². The topological polar surface area (TPSA) is 106 Å². The maximum Gasteiger partial charge on any atom is 0.258 e. The minimum absolute atomic E-state index is 0.0808. The summed E-state index contributed by atoms with van der Waals surface area (Å²) in [5, 5.41) is 3.98. The Kier molecular flexibility index (Phi) is 9.23. The van der Waals surface area contributed by atoms with E-state index in [4.69, 9.17) is 9.47 Å². The summed E-state index contributed by atoms with van der Waals surface area (Å²) in [6.45, 7) is 5.68. The van der Waals surface area contributed by atoms with Crippen LogP contribution in [0.1, 0.15) is 31.4 Å². The number of rotatable bonds is 10. The van der Waals surface area contributed by atoms with Gasteiger partial charge in [-0.2, -0.15) is 9.82 Å². The molecule has 2 rings (SSSR count). The first-order chi connectivity index (χ1) is 15.1. The van der Waals surface area contributed by atoms with E-state index in [1.807, 2.05) is 20.8 Å². The predicted molar refractivity (Wildman–Crippen MR) is 128 cm³/mol. The molecule has 0 aliphatic heterocycles. The molecule has 0 aromatic heterocycles. The lowest BCUT2D eigenvalue weighted by molar-refractivity contribution is -0.123. The Balaban J connectivity index is 2.16. The fourth-order valence-electron chi connectivity index (χ4n) is 2.91. The van der Waals surface area contributed by atoms with Gasteiger partial charge in [0.1, 0.15) is 6.04 Å². The average Bonchev–Trinajstić information content (AvgIpc) is 2.72. The van der Waals surface area contributed by atoms with Crippen LogP contribution in [0.5, 0.6) is 11.5 Å². The number of nitrogens with zero attached hydrogens (tertiary/aromatic N) is 1. The lowest BCUT2D eigenvalue weighted by Crippen LogP contribution is -2.46. The van der Waals surface area contributed by atoms with Gasteiger partial charge in [0, 0.05) is 0 Å². The van der Waals surface area contributed by atoms with Gasteiger partial charge in [-0.3, -0.25) is 4.79 Å². The van der Waals surface area contributed by atoms with E-state index >= 15 is 0 Å². The minimum atomic E-state index is -3.87. The van der Waals surface area contributed by atoms with Crippen LogP contribution >= 0.6 is 15.9 Å². The molecule has 10 heteroatoms. The molecule has 0 saturated carbocycles. The van der Waals surface area contributed by atoms with Crippen molar-refractivity contribution in [2.75, 3.05) is 14.2 Å². The van der Waals surface area contributed by atoms with Gasteiger partial charge in [0.2, 0.25) is 10.0 Å². The number of carbonyl (C=O) groups excluding carboxylic acids is 1. The second-order valence-corrected chi connectivity index (χ2v) is 10.2. The van der Waals surface area contributed by atoms with E-state index in [2.05, 4.69) is 31.2 Å². The summed E-state index contributed by atoms with van der Waals surface area (Å²) < 4.78 is 39.2. The normalized spacial score (nSPS) is 12.7. The van der Waals surface area contributed by atoms with Crippen LogP contribution in [-0.4, -0.2) is 40.8 Å². The standard InChI is InChI=1S/C22H28BrN3O5S/c1-14(2)10-19(26-32(28,29)17-8-6-15(3)7-9-17)22(27)25-24-13-16-11-18(23)21(31-5)20(12-16)30-4/h6-9,11-14,19,26H,10H2,1-5H3,(H,25,27)/b24-13-/t19-/m1/s1. The second-order valence-electron chi connectivity index (χ2n) is 7.59. The van der Waals surface area contributed by atoms with Crippen LogP contribution < -0.4 is 19.6 Å². The zero-order chi connectivity index (χ0) is 23.9. The third kappa shape index (κ3) is 7.04. The molecule has 0 aliphatic carbocycles.